The number of nitro groups is 1. The fourth-order valence-electron chi connectivity index (χ4n) is 2.94. The SMILES string of the molecule is CCC1CCC(CNc2ccc([N+](=O)[O-])c(C)n2)CC1. The first-order chi connectivity index (χ1) is 9.60. The first-order valence-electron chi connectivity index (χ1n) is 7.46. The van der Waals surface area contributed by atoms with Crippen molar-refractivity contribution >= 4 is 11.5 Å². The monoisotopic (exact) mass is 277 g/mol. The van der Waals surface area contributed by atoms with E-state index in [9.17, 15) is 10.1 Å². The van der Waals surface area contributed by atoms with Crippen molar-refractivity contribution in [1.29, 1.82) is 0 Å². The standard InChI is InChI=1S/C15H23N3O2/c1-3-12-4-6-13(7-5-12)10-16-15-9-8-14(18(19)20)11(2)17-15/h8-9,12-13H,3-7,10H2,1-2H3,(H,16,17). The summed E-state index contributed by atoms with van der Waals surface area (Å²) < 4.78 is 0. The highest BCUT2D eigenvalue weighted by Crippen LogP contribution is 2.30. The van der Waals surface area contributed by atoms with Crippen molar-refractivity contribution in [3.63, 3.8) is 0 Å². The topological polar surface area (TPSA) is 68.1 Å². The first kappa shape index (κ1) is 14.8. The Kier molecular flexibility index (Phi) is 4.93. The Morgan fingerprint density at radius 2 is 1.95 bits per heavy atom. The lowest BCUT2D eigenvalue weighted by Crippen LogP contribution is -2.21. The van der Waals surface area contributed by atoms with Gasteiger partial charge >= 0.3 is 0 Å². The molecule has 1 aliphatic carbocycles. The predicted molar refractivity (Wildman–Crippen MR) is 79.9 cm³/mol. The van der Waals surface area contributed by atoms with Gasteiger partial charge in [-0.3, -0.25) is 10.1 Å². The van der Waals surface area contributed by atoms with Crippen molar-refractivity contribution in [1.82, 2.24) is 4.98 Å². The zero-order valence-electron chi connectivity index (χ0n) is 12.3. The van der Waals surface area contributed by atoms with Gasteiger partial charge in [-0.2, -0.15) is 0 Å². The number of anilines is 1. The third-order valence-electron chi connectivity index (χ3n) is 4.37. The molecule has 0 radical (unpaired) electrons. The quantitative estimate of drug-likeness (QED) is 0.654. The number of pyridine rings is 1. The van der Waals surface area contributed by atoms with Gasteiger partial charge < -0.3 is 5.32 Å². The fourth-order valence-corrected chi connectivity index (χ4v) is 2.94. The summed E-state index contributed by atoms with van der Waals surface area (Å²) in [5, 5.41) is 14.1. The molecular weight excluding hydrogens is 254 g/mol. The number of aryl methyl sites for hydroxylation is 1. The summed E-state index contributed by atoms with van der Waals surface area (Å²) in [5.41, 5.74) is 0.550. The van der Waals surface area contributed by atoms with Gasteiger partial charge in [0, 0.05) is 12.6 Å². The lowest BCUT2D eigenvalue weighted by Gasteiger charge is -2.28. The molecule has 110 valence electrons. The van der Waals surface area contributed by atoms with Crippen molar-refractivity contribution in [3.8, 4) is 0 Å². The minimum atomic E-state index is -0.391. The molecule has 1 heterocycles. The van der Waals surface area contributed by atoms with E-state index in [1.807, 2.05) is 0 Å². The van der Waals surface area contributed by atoms with E-state index in [4.69, 9.17) is 0 Å². The van der Waals surface area contributed by atoms with Crippen LogP contribution in [0, 0.1) is 28.9 Å². The highest BCUT2D eigenvalue weighted by Gasteiger charge is 2.20. The molecule has 0 saturated heterocycles. The molecule has 5 heteroatoms. The molecule has 0 amide bonds. The summed E-state index contributed by atoms with van der Waals surface area (Å²) in [6.07, 6.45) is 6.50. The van der Waals surface area contributed by atoms with Crippen LogP contribution >= 0.6 is 0 Å². The van der Waals surface area contributed by atoms with E-state index in [2.05, 4.69) is 17.2 Å². The molecule has 0 spiro atoms. The summed E-state index contributed by atoms with van der Waals surface area (Å²) in [7, 11) is 0. The second kappa shape index (κ2) is 6.68. The summed E-state index contributed by atoms with van der Waals surface area (Å²) in [5.74, 6) is 2.35. The zero-order valence-corrected chi connectivity index (χ0v) is 12.3. The van der Waals surface area contributed by atoms with Crippen LogP contribution in [0.15, 0.2) is 12.1 Å². The molecule has 0 atom stereocenters. The zero-order chi connectivity index (χ0) is 14.5. The second-order valence-corrected chi connectivity index (χ2v) is 5.73. The molecule has 5 nitrogen and oxygen atoms in total. The summed E-state index contributed by atoms with van der Waals surface area (Å²) >= 11 is 0. The van der Waals surface area contributed by atoms with Crippen LogP contribution in [-0.2, 0) is 0 Å². The van der Waals surface area contributed by atoms with Crippen molar-refractivity contribution < 1.29 is 4.92 Å². The molecule has 1 aromatic rings. The van der Waals surface area contributed by atoms with E-state index >= 15 is 0 Å². The Morgan fingerprint density at radius 3 is 2.50 bits per heavy atom. The van der Waals surface area contributed by atoms with E-state index in [-0.39, 0.29) is 5.69 Å². The average molecular weight is 277 g/mol. The van der Waals surface area contributed by atoms with E-state index < -0.39 is 4.92 Å². The Morgan fingerprint density at radius 1 is 1.30 bits per heavy atom. The van der Waals surface area contributed by atoms with Crippen LogP contribution in [0.5, 0.6) is 0 Å². The van der Waals surface area contributed by atoms with E-state index in [0.717, 1.165) is 18.3 Å². The molecule has 1 aromatic heterocycles. The minimum absolute atomic E-state index is 0.0824. The van der Waals surface area contributed by atoms with Crippen molar-refractivity contribution in [2.45, 2.75) is 46.0 Å². The van der Waals surface area contributed by atoms with Crippen LogP contribution in [0.4, 0.5) is 11.5 Å². The Labute approximate surface area is 119 Å². The van der Waals surface area contributed by atoms with E-state index in [1.165, 1.54) is 38.2 Å². The van der Waals surface area contributed by atoms with Crippen LogP contribution in [0.2, 0.25) is 0 Å². The fraction of sp³-hybridized carbons (Fsp3) is 0.667. The Hall–Kier alpha value is -1.65. The molecule has 2 rings (SSSR count). The van der Waals surface area contributed by atoms with E-state index in [1.54, 1.807) is 13.0 Å². The summed E-state index contributed by atoms with van der Waals surface area (Å²) in [6, 6.07) is 3.22. The van der Waals surface area contributed by atoms with Crippen molar-refractivity contribution in [2.24, 2.45) is 11.8 Å². The number of nitrogens with zero attached hydrogens (tertiary/aromatic N) is 2. The third-order valence-corrected chi connectivity index (χ3v) is 4.37. The highest BCUT2D eigenvalue weighted by atomic mass is 16.6. The normalized spacial score (nSPS) is 22.5. The number of nitrogens with one attached hydrogen (secondary N) is 1. The van der Waals surface area contributed by atoms with Gasteiger partial charge in [-0.1, -0.05) is 26.2 Å². The lowest BCUT2D eigenvalue weighted by molar-refractivity contribution is -0.385. The predicted octanol–water partition coefficient (Wildman–Crippen LogP) is 3.93. The van der Waals surface area contributed by atoms with Gasteiger partial charge in [-0.05, 0) is 37.7 Å². The van der Waals surface area contributed by atoms with Crippen LogP contribution in [0.25, 0.3) is 0 Å². The molecule has 0 unspecified atom stereocenters. The van der Waals surface area contributed by atoms with Crippen molar-refractivity contribution in [3.05, 3.63) is 27.9 Å². The van der Waals surface area contributed by atoms with Crippen LogP contribution in [0.1, 0.15) is 44.7 Å². The van der Waals surface area contributed by atoms with Gasteiger partial charge in [0.2, 0.25) is 0 Å². The Balaban J connectivity index is 1.85. The van der Waals surface area contributed by atoms with Crippen LogP contribution in [-0.4, -0.2) is 16.5 Å². The molecular formula is C15H23N3O2. The molecule has 0 aromatic carbocycles. The van der Waals surface area contributed by atoms with Gasteiger partial charge in [-0.25, -0.2) is 4.98 Å². The molecule has 1 N–H and O–H groups in total. The number of aromatic nitrogens is 1. The van der Waals surface area contributed by atoms with Crippen LogP contribution in [0.3, 0.4) is 0 Å². The number of hydrogen-bond donors (Lipinski definition) is 1. The average Bonchev–Trinajstić information content (AvgIpc) is 2.45. The maximum atomic E-state index is 10.7. The Bertz CT molecular complexity index is 468. The number of rotatable bonds is 5. The summed E-state index contributed by atoms with van der Waals surface area (Å²) in [4.78, 5) is 14.6. The first-order valence-corrected chi connectivity index (χ1v) is 7.46. The molecule has 0 bridgehead atoms. The molecule has 20 heavy (non-hydrogen) atoms. The maximum Gasteiger partial charge on any atom is 0.290 e. The maximum absolute atomic E-state index is 10.7. The van der Waals surface area contributed by atoms with Crippen molar-refractivity contribution in [2.75, 3.05) is 11.9 Å². The summed E-state index contributed by atoms with van der Waals surface area (Å²) in [6.45, 7) is 4.86. The third kappa shape index (κ3) is 3.68. The van der Waals surface area contributed by atoms with Gasteiger partial charge in [0.15, 0.2) is 0 Å². The smallest absolute Gasteiger partial charge is 0.290 e. The molecule has 1 aliphatic rings. The van der Waals surface area contributed by atoms with Gasteiger partial charge in [-0.15, -0.1) is 0 Å². The largest absolute Gasteiger partial charge is 0.370 e. The second-order valence-electron chi connectivity index (χ2n) is 5.73. The minimum Gasteiger partial charge on any atom is -0.370 e. The molecule has 1 fully saturated rings. The van der Waals surface area contributed by atoms with Crippen LogP contribution < -0.4 is 5.32 Å². The molecule has 0 aliphatic heterocycles. The van der Waals surface area contributed by atoms with Gasteiger partial charge in [0.1, 0.15) is 11.5 Å². The van der Waals surface area contributed by atoms with E-state index in [0.29, 0.717) is 11.6 Å². The van der Waals surface area contributed by atoms with Gasteiger partial charge in [0.05, 0.1) is 4.92 Å². The number of hydrogen-bond acceptors (Lipinski definition) is 4. The molecule has 1 saturated carbocycles. The van der Waals surface area contributed by atoms with Gasteiger partial charge in [0.25, 0.3) is 5.69 Å². The lowest BCUT2D eigenvalue weighted by atomic mass is 9.81. The highest BCUT2D eigenvalue weighted by molar-refractivity contribution is 5.44.